The van der Waals surface area contributed by atoms with Gasteiger partial charge in [0.25, 0.3) is 0 Å². The molecule has 1 aliphatic heterocycles. The molecule has 1 heterocycles. The minimum Gasteiger partial charge on any atom is -0.546 e. The third kappa shape index (κ3) is 3.87. The van der Waals surface area contributed by atoms with Crippen molar-refractivity contribution in [3.05, 3.63) is 59.7 Å². The van der Waals surface area contributed by atoms with E-state index in [0.29, 0.717) is 0 Å². The number of likely N-dealkylation sites (tertiary alicyclic amines) is 1. The molecule has 2 aromatic carbocycles. The van der Waals surface area contributed by atoms with E-state index in [-0.39, 0.29) is 0 Å². The van der Waals surface area contributed by atoms with Crippen LogP contribution < -0.4 is 4.43 Å². The molecule has 3 rings (SSSR count). The molecule has 1 saturated heterocycles. The van der Waals surface area contributed by atoms with Gasteiger partial charge in [0, 0.05) is 18.7 Å². The van der Waals surface area contributed by atoms with Crippen LogP contribution in [0.15, 0.2) is 53.5 Å². The van der Waals surface area contributed by atoms with Gasteiger partial charge in [0.2, 0.25) is 9.04 Å². The molecular formula is C20H26N2OSi. The van der Waals surface area contributed by atoms with Crippen LogP contribution >= 0.6 is 0 Å². The van der Waals surface area contributed by atoms with E-state index in [2.05, 4.69) is 67.4 Å². The Morgan fingerprint density at radius 2 is 1.71 bits per heavy atom. The van der Waals surface area contributed by atoms with Gasteiger partial charge in [-0.15, -0.1) is 0 Å². The Morgan fingerprint density at radius 3 is 2.38 bits per heavy atom. The van der Waals surface area contributed by atoms with Crippen molar-refractivity contribution in [3.63, 3.8) is 0 Å². The molecule has 4 heteroatoms. The second-order valence-corrected chi connectivity index (χ2v) is 8.92. The van der Waals surface area contributed by atoms with Crippen molar-refractivity contribution in [2.24, 2.45) is 4.99 Å². The maximum atomic E-state index is 6.14. The Kier molecular flexibility index (Phi) is 5.36. The molecule has 1 fully saturated rings. The molecule has 3 nitrogen and oxygen atoms in total. The van der Waals surface area contributed by atoms with Crippen LogP contribution in [0.1, 0.15) is 24.0 Å². The standard InChI is InChI=1S/C20H26N2OSi/c1-16-10-9-13-18(23-24(2)3)19(16)21-20(22-14-7-8-15-22)17-11-5-4-6-12-17/h4-6,9-13,24H,7-8,14-15H2,1-3H3. The number of benzene rings is 2. The molecular weight excluding hydrogens is 312 g/mol. The summed E-state index contributed by atoms with van der Waals surface area (Å²) in [5, 5.41) is 0. The molecule has 126 valence electrons. The summed E-state index contributed by atoms with van der Waals surface area (Å²) >= 11 is 0. The number of hydrogen-bond acceptors (Lipinski definition) is 2. The molecule has 2 aromatic rings. The summed E-state index contributed by atoms with van der Waals surface area (Å²) in [6.45, 7) is 8.65. The Balaban J connectivity index is 2.08. The Labute approximate surface area is 146 Å². The first-order valence-corrected chi connectivity index (χ1v) is 11.6. The Bertz CT molecular complexity index is 707. The molecule has 0 unspecified atom stereocenters. The summed E-state index contributed by atoms with van der Waals surface area (Å²) in [7, 11) is -1.17. The van der Waals surface area contributed by atoms with Crippen LogP contribution in [0, 0.1) is 6.92 Å². The summed E-state index contributed by atoms with van der Waals surface area (Å²) in [5.41, 5.74) is 3.31. The first-order chi connectivity index (χ1) is 11.6. The zero-order valence-electron chi connectivity index (χ0n) is 14.8. The third-order valence-electron chi connectivity index (χ3n) is 4.22. The lowest BCUT2D eigenvalue weighted by molar-refractivity contribution is 0.520. The molecule has 0 N–H and O–H groups in total. The zero-order valence-corrected chi connectivity index (χ0v) is 16.0. The average molecular weight is 339 g/mol. The lowest BCUT2D eigenvalue weighted by Crippen LogP contribution is -2.28. The van der Waals surface area contributed by atoms with E-state index in [4.69, 9.17) is 9.42 Å². The SMILES string of the molecule is Cc1cccc(O[SiH](C)C)c1N=C(c1ccccc1)N1CCCC1. The molecule has 0 aromatic heterocycles. The third-order valence-corrected chi connectivity index (χ3v) is 4.94. The smallest absolute Gasteiger partial charge is 0.229 e. The molecule has 24 heavy (non-hydrogen) atoms. The summed E-state index contributed by atoms with van der Waals surface area (Å²) in [5.74, 6) is 1.99. The fourth-order valence-corrected chi connectivity index (χ4v) is 3.76. The second kappa shape index (κ2) is 7.66. The fourth-order valence-electron chi connectivity index (χ4n) is 3.06. The van der Waals surface area contributed by atoms with Gasteiger partial charge in [-0.1, -0.05) is 42.5 Å². The van der Waals surface area contributed by atoms with Gasteiger partial charge in [-0.3, -0.25) is 0 Å². The highest BCUT2D eigenvalue weighted by Crippen LogP contribution is 2.33. The zero-order chi connectivity index (χ0) is 16.9. The van der Waals surface area contributed by atoms with Gasteiger partial charge >= 0.3 is 0 Å². The van der Waals surface area contributed by atoms with Crippen molar-refractivity contribution < 1.29 is 4.43 Å². The van der Waals surface area contributed by atoms with Crippen LogP contribution in [-0.4, -0.2) is 32.9 Å². The predicted octanol–water partition coefficient (Wildman–Crippen LogP) is 4.53. The predicted molar refractivity (Wildman–Crippen MR) is 104 cm³/mol. The van der Waals surface area contributed by atoms with Gasteiger partial charge in [0.1, 0.15) is 17.3 Å². The van der Waals surface area contributed by atoms with E-state index in [1.54, 1.807) is 0 Å². The van der Waals surface area contributed by atoms with Gasteiger partial charge in [-0.25, -0.2) is 4.99 Å². The maximum Gasteiger partial charge on any atom is 0.229 e. The fraction of sp³-hybridized carbons (Fsp3) is 0.350. The molecule has 0 atom stereocenters. The Morgan fingerprint density at radius 1 is 1.00 bits per heavy atom. The number of hydrogen-bond donors (Lipinski definition) is 0. The molecule has 0 radical (unpaired) electrons. The van der Waals surface area contributed by atoms with Gasteiger partial charge in [-0.05, 0) is 44.5 Å². The van der Waals surface area contributed by atoms with Crippen LogP contribution in [0.4, 0.5) is 5.69 Å². The van der Waals surface area contributed by atoms with Crippen molar-refractivity contribution in [3.8, 4) is 5.75 Å². The molecule has 0 spiro atoms. The summed E-state index contributed by atoms with van der Waals surface area (Å²) in [6.07, 6.45) is 2.48. The monoisotopic (exact) mass is 338 g/mol. The van der Waals surface area contributed by atoms with Gasteiger partial charge in [0.05, 0.1) is 0 Å². The van der Waals surface area contributed by atoms with Crippen LogP contribution in [-0.2, 0) is 0 Å². The van der Waals surface area contributed by atoms with E-state index in [0.717, 1.165) is 35.9 Å². The van der Waals surface area contributed by atoms with Crippen LogP contribution in [0.2, 0.25) is 13.1 Å². The van der Waals surface area contributed by atoms with Crippen LogP contribution in [0.3, 0.4) is 0 Å². The number of rotatable bonds is 4. The largest absolute Gasteiger partial charge is 0.546 e. The van der Waals surface area contributed by atoms with Gasteiger partial charge < -0.3 is 9.33 Å². The highest BCUT2D eigenvalue weighted by molar-refractivity contribution is 6.49. The first kappa shape index (κ1) is 16.8. The maximum absolute atomic E-state index is 6.14. The van der Waals surface area contributed by atoms with Crippen LogP contribution in [0.25, 0.3) is 0 Å². The molecule has 0 bridgehead atoms. The minimum atomic E-state index is -1.17. The van der Waals surface area contributed by atoms with Gasteiger partial charge in [0.15, 0.2) is 0 Å². The first-order valence-electron chi connectivity index (χ1n) is 8.80. The number of para-hydroxylation sites is 1. The summed E-state index contributed by atoms with van der Waals surface area (Å²) in [4.78, 5) is 7.50. The summed E-state index contributed by atoms with van der Waals surface area (Å²) in [6, 6.07) is 16.7. The average Bonchev–Trinajstić information content (AvgIpc) is 3.09. The van der Waals surface area contributed by atoms with Crippen molar-refractivity contribution in [2.45, 2.75) is 32.9 Å². The molecule has 0 aliphatic carbocycles. The van der Waals surface area contributed by atoms with Gasteiger partial charge in [-0.2, -0.15) is 0 Å². The van der Waals surface area contributed by atoms with Crippen molar-refractivity contribution in [1.29, 1.82) is 0 Å². The normalized spacial score (nSPS) is 15.2. The summed E-state index contributed by atoms with van der Waals surface area (Å²) < 4.78 is 6.14. The highest BCUT2D eigenvalue weighted by atomic mass is 28.3. The second-order valence-electron chi connectivity index (χ2n) is 6.58. The minimum absolute atomic E-state index is 0.921. The van der Waals surface area contributed by atoms with E-state index in [1.807, 2.05) is 6.07 Å². The molecule has 1 aliphatic rings. The van der Waals surface area contributed by atoms with E-state index in [9.17, 15) is 0 Å². The van der Waals surface area contributed by atoms with Crippen molar-refractivity contribution >= 4 is 20.6 Å². The number of amidine groups is 1. The highest BCUT2D eigenvalue weighted by Gasteiger charge is 2.19. The lowest BCUT2D eigenvalue weighted by Gasteiger charge is -2.22. The van der Waals surface area contributed by atoms with Crippen molar-refractivity contribution in [2.75, 3.05) is 13.1 Å². The quantitative estimate of drug-likeness (QED) is 0.465. The lowest BCUT2D eigenvalue weighted by atomic mass is 10.1. The topological polar surface area (TPSA) is 24.8 Å². The number of aryl methyl sites for hydroxylation is 1. The van der Waals surface area contributed by atoms with E-state index < -0.39 is 9.04 Å². The molecule has 0 amide bonds. The number of aliphatic imine (C=N–C) groups is 1. The van der Waals surface area contributed by atoms with E-state index in [1.165, 1.54) is 18.4 Å². The van der Waals surface area contributed by atoms with Crippen molar-refractivity contribution in [1.82, 2.24) is 4.90 Å². The van der Waals surface area contributed by atoms with E-state index >= 15 is 0 Å². The Hall–Kier alpha value is -2.07. The molecule has 0 saturated carbocycles. The van der Waals surface area contributed by atoms with Crippen LogP contribution in [0.5, 0.6) is 5.75 Å². The number of nitrogens with zero attached hydrogens (tertiary/aromatic N) is 2.